The average Bonchev–Trinajstić information content (AvgIpc) is 2.64. The van der Waals surface area contributed by atoms with Gasteiger partial charge < -0.3 is 14.8 Å². The molecule has 0 bridgehead atoms. The Bertz CT molecular complexity index is 697. The quantitative estimate of drug-likeness (QED) is 0.786. The molecule has 0 heterocycles. The normalized spacial score (nSPS) is 12.9. The van der Waals surface area contributed by atoms with Gasteiger partial charge in [-0.3, -0.25) is 4.79 Å². The molecule has 2 atom stereocenters. The van der Waals surface area contributed by atoms with Crippen LogP contribution in [0.4, 0.5) is 0 Å². The standard InChI is InChI=1S/C20H23NO4/c1-14-9-11-15(12-10-14)13-17(20(23)25-3)21-19(22)18(24-2)16-7-5-4-6-8-16/h4-12,17-18H,13H2,1-3H3,(H,21,22)/t17-,18+/m1/s1. The monoisotopic (exact) mass is 341 g/mol. The average molecular weight is 341 g/mol. The SMILES string of the molecule is COC(=O)[C@@H](Cc1ccc(C)cc1)NC(=O)[C@@H](OC)c1ccccc1. The second-order valence-electron chi connectivity index (χ2n) is 5.80. The number of esters is 1. The van der Waals surface area contributed by atoms with Gasteiger partial charge in [0.25, 0.3) is 5.91 Å². The van der Waals surface area contributed by atoms with Gasteiger partial charge in [0.15, 0.2) is 6.10 Å². The lowest BCUT2D eigenvalue weighted by Gasteiger charge is -2.21. The highest BCUT2D eigenvalue weighted by molar-refractivity contribution is 5.87. The van der Waals surface area contributed by atoms with Crippen LogP contribution in [0.1, 0.15) is 22.8 Å². The molecule has 2 rings (SSSR count). The van der Waals surface area contributed by atoms with Crippen molar-refractivity contribution in [2.45, 2.75) is 25.5 Å². The van der Waals surface area contributed by atoms with E-state index in [2.05, 4.69) is 5.32 Å². The molecule has 0 aromatic heterocycles. The maximum absolute atomic E-state index is 12.6. The number of carbonyl (C=O) groups excluding carboxylic acids is 2. The molecule has 0 aliphatic rings. The summed E-state index contributed by atoms with van der Waals surface area (Å²) < 4.78 is 10.1. The zero-order valence-corrected chi connectivity index (χ0v) is 14.7. The summed E-state index contributed by atoms with van der Waals surface area (Å²) >= 11 is 0. The number of methoxy groups -OCH3 is 2. The van der Waals surface area contributed by atoms with Gasteiger partial charge in [-0.25, -0.2) is 4.79 Å². The van der Waals surface area contributed by atoms with Gasteiger partial charge in [0.05, 0.1) is 7.11 Å². The number of hydrogen-bond donors (Lipinski definition) is 1. The van der Waals surface area contributed by atoms with Crippen molar-refractivity contribution in [1.29, 1.82) is 0 Å². The van der Waals surface area contributed by atoms with Crippen LogP contribution in [0.2, 0.25) is 0 Å². The van der Waals surface area contributed by atoms with E-state index in [4.69, 9.17) is 9.47 Å². The second kappa shape index (κ2) is 8.99. The van der Waals surface area contributed by atoms with Crippen molar-refractivity contribution in [3.05, 3.63) is 71.3 Å². The first kappa shape index (κ1) is 18.7. The van der Waals surface area contributed by atoms with E-state index in [9.17, 15) is 9.59 Å². The molecule has 0 radical (unpaired) electrons. The highest BCUT2D eigenvalue weighted by atomic mass is 16.5. The van der Waals surface area contributed by atoms with E-state index in [0.717, 1.165) is 16.7 Å². The number of benzene rings is 2. The van der Waals surface area contributed by atoms with Gasteiger partial charge in [0.1, 0.15) is 6.04 Å². The molecule has 0 spiro atoms. The highest BCUT2D eigenvalue weighted by Crippen LogP contribution is 2.17. The number of ether oxygens (including phenoxy) is 2. The van der Waals surface area contributed by atoms with Crippen molar-refractivity contribution < 1.29 is 19.1 Å². The molecule has 1 amide bonds. The zero-order valence-electron chi connectivity index (χ0n) is 14.7. The number of hydrogen-bond acceptors (Lipinski definition) is 4. The number of carbonyl (C=O) groups is 2. The van der Waals surface area contributed by atoms with Gasteiger partial charge in [-0.15, -0.1) is 0 Å². The van der Waals surface area contributed by atoms with Gasteiger partial charge in [0.2, 0.25) is 0 Å². The Morgan fingerprint density at radius 3 is 2.20 bits per heavy atom. The Morgan fingerprint density at radius 1 is 1.00 bits per heavy atom. The molecule has 25 heavy (non-hydrogen) atoms. The predicted octanol–water partition coefficient (Wildman–Crippen LogP) is 2.58. The minimum atomic E-state index is -0.786. The van der Waals surface area contributed by atoms with E-state index >= 15 is 0 Å². The summed E-state index contributed by atoms with van der Waals surface area (Å²) in [5, 5.41) is 2.74. The lowest BCUT2D eigenvalue weighted by Crippen LogP contribution is -2.45. The van der Waals surface area contributed by atoms with Crippen LogP contribution >= 0.6 is 0 Å². The summed E-state index contributed by atoms with van der Waals surface area (Å²) in [5.41, 5.74) is 2.79. The Balaban J connectivity index is 2.13. The van der Waals surface area contributed by atoms with E-state index < -0.39 is 18.1 Å². The summed E-state index contributed by atoms with van der Waals surface area (Å²) in [6, 6.07) is 16.2. The lowest BCUT2D eigenvalue weighted by atomic mass is 10.0. The molecule has 132 valence electrons. The molecule has 1 N–H and O–H groups in total. The van der Waals surface area contributed by atoms with Crippen molar-refractivity contribution in [3.8, 4) is 0 Å². The molecule has 5 nitrogen and oxygen atoms in total. The van der Waals surface area contributed by atoms with E-state index in [1.165, 1.54) is 14.2 Å². The summed E-state index contributed by atoms with van der Waals surface area (Å²) in [5.74, 6) is -0.868. The summed E-state index contributed by atoms with van der Waals surface area (Å²) in [6.07, 6.45) is -0.435. The van der Waals surface area contributed by atoms with Crippen LogP contribution in [0.3, 0.4) is 0 Å². The van der Waals surface area contributed by atoms with Crippen molar-refractivity contribution >= 4 is 11.9 Å². The second-order valence-corrected chi connectivity index (χ2v) is 5.80. The largest absolute Gasteiger partial charge is 0.467 e. The minimum Gasteiger partial charge on any atom is -0.467 e. The minimum absolute atomic E-state index is 0.351. The van der Waals surface area contributed by atoms with E-state index in [1.807, 2.05) is 49.4 Å². The van der Waals surface area contributed by atoms with Crippen LogP contribution in [-0.4, -0.2) is 32.1 Å². The highest BCUT2D eigenvalue weighted by Gasteiger charge is 2.27. The third kappa shape index (κ3) is 5.16. The summed E-state index contributed by atoms with van der Waals surface area (Å²) in [6.45, 7) is 1.99. The molecule has 0 saturated carbocycles. The van der Waals surface area contributed by atoms with Gasteiger partial charge in [-0.2, -0.15) is 0 Å². The molecular weight excluding hydrogens is 318 g/mol. The zero-order chi connectivity index (χ0) is 18.2. The third-order valence-corrected chi connectivity index (χ3v) is 3.94. The Hall–Kier alpha value is -2.66. The number of amides is 1. The van der Waals surface area contributed by atoms with Gasteiger partial charge in [0, 0.05) is 13.5 Å². The molecule has 0 saturated heterocycles. The van der Waals surface area contributed by atoms with Crippen LogP contribution in [0.25, 0.3) is 0 Å². The van der Waals surface area contributed by atoms with Crippen molar-refractivity contribution in [1.82, 2.24) is 5.32 Å². The molecule has 2 aromatic rings. The Labute approximate surface area is 148 Å². The number of aryl methyl sites for hydroxylation is 1. The molecule has 0 aliphatic carbocycles. The van der Waals surface area contributed by atoms with Crippen LogP contribution in [0.15, 0.2) is 54.6 Å². The predicted molar refractivity (Wildman–Crippen MR) is 95.0 cm³/mol. The van der Waals surface area contributed by atoms with Crippen LogP contribution < -0.4 is 5.32 Å². The van der Waals surface area contributed by atoms with Crippen LogP contribution in [0, 0.1) is 6.92 Å². The number of rotatable bonds is 7. The lowest BCUT2D eigenvalue weighted by molar-refractivity contribution is -0.146. The first-order valence-electron chi connectivity index (χ1n) is 8.06. The molecule has 0 aliphatic heterocycles. The maximum atomic E-state index is 12.6. The fraction of sp³-hybridized carbons (Fsp3) is 0.300. The summed E-state index contributed by atoms with van der Waals surface area (Å²) in [4.78, 5) is 24.7. The topological polar surface area (TPSA) is 64.6 Å². The summed E-state index contributed by atoms with van der Waals surface area (Å²) in [7, 11) is 2.77. The maximum Gasteiger partial charge on any atom is 0.328 e. The fourth-order valence-corrected chi connectivity index (χ4v) is 2.57. The van der Waals surface area contributed by atoms with E-state index in [-0.39, 0.29) is 5.91 Å². The van der Waals surface area contributed by atoms with Crippen molar-refractivity contribution in [3.63, 3.8) is 0 Å². The van der Waals surface area contributed by atoms with E-state index in [1.54, 1.807) is 12.1 Å². The first-order chi connectivity index (χ1) is 12.0. The van der Waals surface area contributed by atoms with Gasteiger partial charge in [-0.05, 0) is 18.1 Å². The van der Waals surface area contributed by atoms with Gasteiger partial charge >= 0.3 is 5.97 Å². The molecule has 0 fully saturated rings. The van der Waals surface area contributed by atoms with E-state index in [0.29, 0.717) is 6.42 Å². The van der Waals surface area contributed by atoms with Crippen molar-refractivity contribution in [2.75, 3.05) is 14.2 Å². The third-order valence-electron chi connectivity index (χ3n) is 3.94. The molecule has 2 aromatic carbocycles. The molecule has 0 unspecified atom stereocenters. The Kier molecular flexibility index (Phi) is 6.71. The van der Waals surface area contributed by atoms with Crippen LogP contribution in [-0.2, 0) is 25.5 Å². The smallest absolute Gasteiger partial charge is 0.328 e. The van der Waals surface area contributed by atoms with Crippen molar-refractivity contribution in [2.24, 2.45) is 0 Å². The molecular formula is C20H23NO4. The van der Waals surface area contributed by atoms with Gasteiger partial charge in [-0.1, -0.05) is 60.2 Å². The fourth-order valence-electron chi connectivity index (χ4n) is 2.57. The first-order valence-corrected chi connectivity index (χ1v) is 8.06. The Morgan fingerprint density at radius 2 is 1.64 bits per heavy atom. The molecule has 5 heteroatoms. The van der Waals surface area contributed by atoms with Crippen LogP contribution in [0.5, 0.6) is 0 Å². The number of nitrogens with one attached hydrogen (secondary N) is 1.